The number of aliphatic hydroxyl groups is 1. The van der Waals surface area contributed by atoms with Gasteiger partial charge in [0.05, 0.1) is 12.2 Å². The average Bonchev–Trinajstić information content (AvgIpc) is 2.50. The third-order valence-corrected chi connectivity index (χ3v) is 5.22. The molecule has 3 nitrogen and oxygen atoms in total. The number of hydrogen-bond donors (Lipinski definition) is 1. The van der Waals surface area contributed by atoms with Crippen molar-refractivity contribution in [3.63, 3.8) is 0 Å². The molecule has 0 amide bonds. The van der Waals surface area contributed by atoms with Crippen molar-refractivity contribution in [1.82, 2.24) is 4.90 Å². The highest BCUT2D eigenvalue weighted by molar-refractivity contribution is 5.16. The fraction of sp³-hybridized carbons (Fsp3) is 0.647. The smallest absolute Gasteiger partial charge is 0.123 e. The third-order valence-electron chi connectivity index (χ3n) is 5.22. The van der Waals surface area contributed by atoms with E-state index < -0.39 is 0 Å². The van der Waals surface area contributed by atoms with Gasteiger partial charge in [-0.1, -0.05) is 12.1 Å². The first-order valence-corrected chi connectivity index (χ1v) is 7.90. The minimum atomic E-state index is -0.206. The van der Waals surface area contributed by atoms with E-state index >= 15 is 0 Å². The molecule has 2 fully saturated rings. The topological polar surface area (TPSA) is 32.7 Å². The Labute approximate surface area is 125 Å². The Morgan fingerprint density at radius 2 is 1.95 bits per heavy atom. The summed E-state index contributed by atoms with van der Waals surface area (Å²) in [6, 6.07) is 6.73. The van der Waals surface area contributed by atoms with Crippen molar-refractivity contribution in [2.45, 2.75) is 44.9 Å². The summed E-state index contributed by atoms with van der Waals surface area (Å²) < 4.78 is 18.7. The van der Waals surface area contributed by atoms with Gasteiger partial charge in [-0.05, 0) is 50.6 Å². The normalized spacial score (nSPS) is 28.5. The number of nitrogens with zero attached hydrogens (tertiary/aromatic N) is 1. The fourth-order valence-corrected chi connectivity index (χ4v) is 3.79. The molecule has 21 heavy (non-hydrogen) atoms. The summed E-state index contributed by atoms with van der Waals surface area (Å²) >= 11 is 0. The number of piperidine rings is 1. The first-order valence-electron chi connectivity index (χ1n) is 7.90. The molecule has 1 N–H and O–H groups in total. The molecule has 1 aliphatic heterocycles. The van der Waals surface area contributed by atoms with Crippen molar-refractivity contribution in [2.75, 3.05) is 19.7 Å². The molecular weight excluding hydrogens is 269 g/mol. The summed E-state index contributed by atoms with van der Waals surface area (Å²) in [4.78, 5) is 2.38. The lowest BCUT2D eigenvalue weighted by molar-refractivity contribution is -0.209. The average molecular weight is 293 g/mol. The van der Waals surface area contributed by atoms with Crippen LogP contribution >= 0.6 is 0 Å². The summed E-state index contributed by atoms with van der Waals surface area (Å²) in [5, 5.41) is 10.2. The number of ether oxygens (including phenoxy) is 1. The van der Waals surface area contributed by atoms with Crippen LogP contribution in [0.15, 0.2) is 24.3 Å². The first kappa shape index (κ1) is 14.9. The second-order valence-corrected chi connectivity index (χ2v) is 6.33. The molecule has 2 unspecified atom stereocenters. The molecular formula is C17H24FNO2. The molecule has 0 bridgehead atoms. The maximum atomic E-state index is 12.9. The number of rotatable bonds is 4. The number of likely N-dealkylation sites (tertiary alicyclic amines) is 1. The predicted molar refractivity (Wildman–Crippen MR) is 79.4 cm³/mol. The van der Waals surface area contributed by atoms with Crippen LogP contribution in [0, 0.1) is 11.2 Å². The molecule has 0 aromatic heterocycles. The molecule has 3 rings (SSSR count). The zero-order valence-corrected chi connectivity index (χ0v) is 12.6. The van der Waals surface area contributed by atoms with Gasteiger partial charge in [0.2, 0.25) is 0 Å². The van der Waals surface area contributed by atoms with E-state index in [1.165, 1.54) is 12.1 Å². The van der Waals surface area contributed by atoms with Crippen LogP contribution in [0.1, 0.15) is 31.7 Å². The van der Waals surface area contributed by atoms with E-state index in [0.717, 1.165) is 51.1 Å². The highest BCUT2D eigenvalue weighted by Crippen LogP contribution is 2.51. The Hall–Kier alpha value is -0.970. The fourth-order valence-electron chi connectivity index (χ4n) is 3.79. The minimum absolute atomic E-state index is 0.0185. The summed E-state index contributed by atoms with van der Waals surface area (Å²) in [5.74, 6) is -0.187. The first-order chi connectivity index (χ1) is 10.1. The third kappa shape index (κ3) is 2.85. The van der Waals surface area contributed by atoms with E-state index in [1.807, 2.05) is 19.1 Å². The van der Waals surface area contributed by atoms with E-state index in [4.69, 9.17) is 4.74 Å². The second-order valence-electron chi connectivity index (χ2n) is 6.33. The summed E-state index contributed by atoms with van der Waals surface area (Å²) in [6.45, 7) is 5.53. The Kier molecular flexibility index (Phi) is 4.29. The number of halogens is 1. The van der Waals surface area contributed by atoms with Gasteiger partial charge in [-0.3, -0.25) is 4.90 Å². The Balaban J connectivity index is 1.56. The van der Waals surface area contributed by atoms with Gasteiger partial charge in [-0.15, -0.1) is 0 Å². The van der Waals surface area contributed by atoms with Crippen molar-refractivity contribution in [3.05, 3.63) is 35.6 Å². The zero-order chi connectivity index (χ0) is 14.9. The van der Waals surface area contributed by atoms with Gasteiger partial charge >= 0.3 is 0 Å². The molecule has 4 heteroatoms. The number of hydrogen-bond acceptors (Lipinski definition) is 3. The van der Waals surface area contributed by atoms with Crippen LogP contribution in [-0.2, 0) is 11.3 Å². The molecule has 116 valence electrons. The molecule has 1 aliphatic carbocycles. The van der Waals surface area contributed by atoms with Crippen LogP contribution in [0.3, 0.4) is 0 Å². The van der Waals surface area contributed by atoms with Crippen molar-refractivity contribution in [3.8, 4) is 0 Å². The lowest BCUT2D eigenvalue weighted by atomic mass is 9.58. The van der Waals surface area contributed by atoms with Crippen LogP contribution in [0.25, 0.3) is 0 Å². The molecule has 1 aromatic carbocycles. The van der Waals surface area contributed by atoms with Gasteiger partial charge in [-0.2, -0.15) is 0 Å². The van der Waals surface area contributed by atoms with Crippen molar-refractivity contribution in [1.29, 1.82) is 0 Å². The Morgan fingerprint density at radius 1 is 1.29 bits per heavy atom. The summed E-state index contributed by atoms with van der Waals surface area (Å²) in [6.07, 6.45) is 2.78. The molecule has 1 spiro atoms. The predicted octanol–water partition coefficient (Wildman–Crippen LogP) is 2.58. The van der Waals surface area contributed by atoms with Gasteiger partial charge in [0, 0.05) is 25.0 Å². The Morgan fingerprint density at radius 3 is 2.52 bits per heavy atom. The van der Waals surface area contributed by atoms with Gasteiger partial charge in [0.1, 0.15) is 5.82 Å². The van der Waals surface area contributed by atoms with Crippen molar-refractivity contribution >= 4 is 0 Å². The van der Waals surface area contributed by atoms with E-state index in [9.17, 15) is 9.50 Å². The van der Waals surface area contributed by atoms with Crippen LogP contribution < -0.4 is 0 Å². The Bertz CT molecular complexity index is 466. The SMILES string of the molecule is CCOC1CC(O)C12CCN(Cc1ccc(F)cc1)CC2. The maximum absolute atomic E-state index is 12.9. The molecule has 1 saturated heterocycles. The quantitative estimate of drug-likeness (QED) is 0.926. The molecule has 1 heterocycles. The highest BCUT2D eigenvalue weighted by Gasteiger charge is 2.55. The summed E-state index contributed by atoms with van der Waals surface area (Å²) in [7, 11) is 0. The van der Waals surface area contributed by atoms with E-state index in [2.05, 4.69) is 4.90 Å². The van der Waals surface area contributed by atoms with Crippen LogP contribution in [0.2, 0.25) is 0 Å². The van der Waals surface area contributed by atoms with Gasteiger partial charge in [-0.25, -0.2) is 4.39 Å². The van der Waals surface area contributed by atoms with Gasteiger partial charge < -0.3 is 9.84 Å². The van der Waals surface area contributed by atoms with Crippen LogP contribution in [0.5, 0.6) is 0 Å². The number of aliphatic hydroxyl groups excluding tert-OH is 1. The molecule has 2 aliphatic rings. The van der Waals surface area contributed by atoms with Crippen molar-refractivity contribution in [2.24, 2.45) is 5.41 Å². The van der Waals surface area contributed by atoms with E-state index in [0.29, 0.717) is 0 Å². The maximum Gasteiger partial charge on any atom is 0.123 e. The molecule has 1 saturated carbocycles. The minimum Gasteiger partial charge on any atom is -0.392 e. The monoisotopic (exact) mass is 293 g/mol. The van der Waals surface area contributed by atoms with Gasteiger partial charge in [0.15, 0.2) is 0 Å². The lowest BCUT2D eigenvalue weighted by Gasteiger charge is -2.56. The van der Waals surface area contributed by atoms with Crippen LogP contribution in [0.4, 0.5) is 4.39 Å². The lowest BCUT2D eigenvalue weighted by Crippen LogP contribution is -2.62. The van der Waals surface area contributed by atoms with Crippen molar-refractivity contribution < 1.29 is 14.2 Å². The van der Waals surface area contributed by atoms with Crippen LogP contribution in [-0.4, -0.2) is 41.9 Å². The largest absolute Gasteiger partial charge is 0.392 e. The molecule has 2 atom stereocenters. The van der Waals surface area contributed by atoms with Gasteiger partial charge in [0.25, 0.3) is 0 Å². The molecule has 1 aromatic rings. The van der Waals surface area contributed by atoms with E-state index in [-0.39, 0.29) is 23.4 Å². The zero-order valence-electron chi connectivity index (χ0n) is 12.6. The highest BCUT2D eigenvalue weighted by atomic mass is 19.1. The standard InChI is InChI=1S/C17H24FNO2/c1-2-21-16-11-15(20)17(16)7-9-19(10-8-17)12-13-3-5-14(18)6-4-13/h3-6,15-16,20H,2,7-12H2,1H3. The second kappa shape index (κ2) is 6.03. The summed E-state index contributed by atoms with van der Waals surface area (Å²) in [5.41, 5.74) is 1.12. The van der Waals surface area contributed by atoms with E-state index in [1.54, 1.807) is 0 Å². The number of benzene rings is 1. The molecule has 0 radical (unpaired) electrons.